The highest BCUT2D eigenvalue weighted by molar-refractivity contribution is 7.19. The molecule has 1 heterocycles. The second kappa shape index (κ2) is 6.80. The number of hydrogen-bond acceptors (Lipinski definition) is 5. The van der Waals surface area contributed by atoms with Crippen molar-refractivity contribution < 1.29 is 9.59 Å². The summed E-state index contributed by atoms with van der Waals surface area (Å²) < 4.78 is 0. The molecule has 21 heavy (non-hydrogen) atoms. The van der Waals surface area contributed by atoms with E-state index in [0.29, 0.717) is 28.0 Å². The maximum absolute atomic E-state index is 12.1. The molecular weight excluding hydrogens is 288 g/mol. The van der Waals surface area contributed by atoms with Crippen LogP contribution < -0.4 is 21.7 Å². The van der Waals surface area contributed by atoms with Crippen molar-refractivity contribution in [1.29, 1.82) is 0 Å². The highest BCUT2D eigenvalue weighted by Gasteiger charge is 2.27. The molecule has 1 aromatic rings. The van der Waals surface area contributed by atoms with Crippen molar-refractivity contribution in [3.05, 3.63) is 10.4 Å². The lowest BCUT2D eigenvalue weighted by molar-refractivity contribution is 0.0957. The highest BCUT2D eigenvalue weighted by Crippen LogP contribution is 2.38. The summed E-state index contributed by atoms with van der Waals surface area (Å²) in [5.41, 5.74) is 6.68. The van der Waals surface area contributed by atoms with Gasteiger partial charge in [-0.2, -0.15) is 0 Å². The molecule has 0 aliphatic heterocycles. The number of rotatable bonds is 6. The molecule has 1 saturated carbocycles. The van der Waals surface area contributed by atoms with Gasteiger partial charge in [0.25, 0.3) is 11.8 Å². The lowest BCUT2D eigenvalue weighted by atomic mass is 9.93. The first-order chi connectivity index (χ1) is 10.1. The van der Waals surface area contributed by atoms with Gasteiger partial charge >= 0.3 is 0 Å². The fraction of sp³-hybridized carbons (Fsp3) is 0.571. The Kier molecular flexibility index (Phi) is 5.06. The molecule has 0 bridgehead atoms. The fourth-order valence-electron chi connectivity index (χ4n) is 2.12. The van der Waals surface area contributed by atoms with E-state index in [1.165, 1.54) is 17.8 Å². The molecule has 0 spiro atoms. The van der Waals surface area contributed by atoms with Crippen molar-refractivity contribution in [3.8, 4) is 0 Å². The number of nitrogen functional groups attached to an aromatic ring is 1. The first-order valence-corrected chi connectivity index (χ1v) is 8.09. The van der Waals surface area contributed by atoms with Crippen LogP contribution in [-0.4, -0.2) is 31.4 Å². The Bertz CT molecular complexity index is 537. The third-order valence-corrected chi connectivity index (χ3v) is 4.72. The van der Waals surface area contributed by atoms with Crippen molar-refractivity contribution in [2.24, 2.45) is 0 Å². The van der Waals surface area contributed by atoms with Gasteiger partial charge in [-0.3, -0.25) is 9.59 Å². The Morgan fingerprint density at radius 3 is 2.57 bits per heavy atom. The van der Waals surface area contributed by atoms with Gasteiger partial charge in [-0.15, -0.1) is 11.3 Å². The largest absolute Gasteiger partial charge is 0.397 e. The number of nitrogens with two attached hydrogens (primary N) is 1. The zero-order valence-corrected chi connectivity index (χ0v) is 13.2. The van der Waals surface area contributed by atoms with Gasteiger partial charge in [0, 0.05) is 19.6 Å². The van der Waals surface area contributed by atoms with Crippen molar-refractivity contribution in [2.75, 3.05) is 24.6 Å². The third-order valence-electron chi connectivity index (χ3n) is 3.58. The van der Waals surface area contributed by atoms with Gasteiger partial charge in [0.1, 0.15) is 9.88 Å². The molecule has 1 aliphatic carbocycles. The zero-order chi connectivity index (χ0) is 15.4. The molecule has 0 unspecified atom stereocenters. The predicted molar refractivity (Wildman–Crippen MR) is 86.0 cm³/mol. The van der Waals surface area contributed by atoms with Crippen molar-refractivity contribution in [1.82, 2.24) is 10.6 Å². The van der Waals surface area contributed by atoms with Gasteiger partial charge in [-0.25, -0.2) is 0 Å². The Morgan fingerprint density at radius 1 is 1.33 bits per heavy atom. The summed E-state index contributed by atoms with van der Waals surface area (Å²) in [4.78, 5) is 24.6. The minimum absolute atomic E-state index is 0.217. The molecule has 1 aliphatic rings. The molecule has 0 radical (unpaired) electrons. The van der Waals surface area contributed by atoms with Gasteiger partial charge < -0.3 is 21.7 Å². The molecule has 1 aromatic heterocycles. The number of hydrogen-bond donors (Lipinski definition) is 4. The molecule has 2 rings (SSSR count). The van der Waals surface area contributed by atoms with E-state index >= 15 is 0 Å². The Hall–Kier alpha value is -1.76. The van der Waals surface area contributed by atoms with Crippen LogP contribution in [0, 0.1) is 0 Å². The summed E-state index contributed by atoms with van der Waals surface area (Å²) in [6.07, 6.45) is 4.22. The van der Waals surface area contributed by atoms with Gasteiger partial charge in [-0.05, 0) is 25.7 Å². The zero-order valence-electron chi connectivity index (χ0n) is 12.4. The topological polar surface area (TPSA) is 96.2 Å². The van der Waals surface area contributed by atoms with E-state index < -0.39 is 0 Å². The second-order valence-electron chi connectivity index (χ2n) is 5.16. The maximum atomic E-state index is 12.1. The van der Waals surface area contributed by atoms with Gasteiger partial charge in [0.15, 0.2) is 0 Å². The lowest BCUT2D eigenvalue weighted by Gasteiger charge is -2.27. The Balaban J connectivity index is 2.28. The Labute approximate surface area is 128 Å². The predicted octanol–water partition coefficient (Wildman–Crippen LogP) is 1.79. The molecule has 5 N–H and O–H groups in total. The van der Waals surface area contributed by atoms with Crippen LogP contribution in [-0.2, 0) is 0 Å². The van der Waals surface area contributed by atoms with E-state index in [1.54, 1.807) is 7.05 Å². The first-order valence-electron chi connectivity index (χ1n) is 7.27. The van der Waals surface area contributed by atoms with E-state index in [9.17, 15) is 9.59 Å². The monoisotopic (exact) mass is 310 g/mol. The van der Waals surface area contributed by atoms with E-state index in [2.05, 4.69) is 16.0 Å². The standard InChI is InChI=1S/C14H22N4O2S/c1-3-7-17-13(20)11-10(15)9(12(19)16-2)14(21-11)18-8-5-4-6-8/h8,18H,3-7,15H2,1-2H3,(H,16,19)(H,17,20). The number of carbonyl (C=O) groups is 2. The summed E-state index contributed by atoms with van der Waals surface area (Å²) in [6, 6.07) is 0.373. The second-order valence-corrected chi connectivity index (χ2v) is 6.18. The van der Waals surface area contributed by atoms with Crippen molar-refractivity contribution >= 4 is 33.8 Å². The smallest absolute Gasteiger partial charge is 0.263 e. The van der Waals surface area contributed by atoms with Crippen molar-refractivity contribution in [2.45, 2.75) is 38.6 Å². The number of carbonyl (C=O) groups excluding carboxylic acids is 2. The summed E-state index contributed by atoms with van der Waals surface area (Å²) >= 11 is 1.26. The molecule has 7 heteroatoms. The van der Waals surface area contributed by atoms with E-state index in [1.807, 2.05) is 6.92 Å². The van der Waals surface area contributed by atoms with Crippen LogP contribution in [0.4, 0.5) is 10.7 Å². The molecule has 1 fully saturated rings. The molecule has 0 saturated heterocycles. The molecule has 6 nitrogen and oxygen atoms in total. The maximum Gasteiger partial charge on any atom is 0.263 e. The number of anilines is 2. The normalized spacial score (nSPS) is 14.4. The van der Waals surface area contributed by atoms with E-state index in [0.717, 1.165) is 19.3 Å². The number of thiophene rings is 1. The quantitative estimate of drug-likeness (QED) is 0.644. The summed E-state index contributed by atoms with van der Waals surface area (Å²) in [5, 5.41) is 9.41. The van der Waals surface area contributed by atoms with Crippen LogP contribution in [0.15, 0.2) is 0 Å². The Morgan fingerprint density at radius 2 is 2.05 bits per heavy atom. The fourth-order valence-corrected chi connectivity index (χ4v) is 3.23. The van der Waals surface area contributed by atoms with Gasteiger partial charge in [0.2, 0.25) is 0 Å². The van der Waals surface area contributed by atoms with Gasteiger partial charge in [0.05, 0.1) is 11.3 Å². The molecular formula is C14H22N4O2S. The molecule has 0 aromatic carbocycles. The van der Waals surface area contributed by atoms with Crippen LogP contribution in [0.5, 0.6) is 0 Å². The van der Waals surface area contributed by atoms with Crippen LogP contribution in [0.25, 0.3) is 0 Å². The molecule has 0 atom stereocenters. The third kappa shape index (κ3) is 3.29. The van der Waals surface area contributed by atoms with Gasteiger partial charge in [-0.1, -0.05) is 6.92 Å². The van der Waals surface area contributed by atoms with Crippen molar-refractivity contribution in [3.63, 3.8) is 0 Å². The molecule has 116 valence electrons. The lowest BCUT2D eigenvalue weighted by Crippen LogP contribution is -2.28. The van der Waals surface area contributed by atoms with Crippen LogP contribution in [0.3, 0.4) is 0 Å². The van der Waals surface area contributed by atoms with Crippen LogP contribution in [0.1, 0.15) is 52.6 Å². The minimum atomic E-state index is -0.264. The average molecular weight is 310 g/mol. The van der Waals surface area contributed by atoms with Crippen LogP contribution in [0.2, 0.25) is 0 Å². The highest BCUT2D eigenvalue weighted by atomic mass is 32.1. The SMILES string of the molecule is CCCNC(=O)c1sc(NC2CCC2)c(C(=O)NC)c1N. The summed E-state index contributed by atoms with van der Waals surface area (Å²) in [5.74, 6) is -0.480. The number of nitrogens with one attached hydrogen (secondary N) is 3. The number of amides is 2. The summed E-state index contributed by atoms with van der Waals surface area (Å²) in [7, 11) is 1.56. The minimum Gasteiger partial charge on any atom is -0.397 e. The van der Waals surface area contributed by atoms with Crippen LogP contribution >= 0.6 is 11.3 Å². The molecule has 2 amide bonds. The van der Waals surface area contributed by atoms with E-state index in [4.69, 9.17) is 5.73 Å². The first kappa shape index (κ1) is 15.6. The average Bonchev–Trinajstić information content (AvgIpc) is 2.76. The van der Waals surface area contributed by atoms with E-state index in [-0.39, 0.29) is 17.5 Å². The summed E-state index contributed by atoms with van der Waals surface area (Å²) in [6.45, 7) is 2.58.